The Morgan fingerprint density at radius 1 is 1.33 bits per heavy atom. The molecule has 0 aromatic heterocycles. The van der Waals surface area contributed by atoms with Crippen LogP contribution in [-0.2, 0) is 10.8 Å². The quantitative estimate of drug-likeness (QED) is 0.718. The van der Waals surface area contributed by atoms with Crippen LogP contribution >= 0.6 is 11.6 Å². The third-order valence-corrected chi connectivity index (χ3v) is 2.09. The molecule has 0 fully saturated rings. The van der Waals surface area contributed by atoms with Crippen molar-refractivity contribution in [3.05, 3.63) is 40.3 Å². The fourth-order valence-electron chi connectivity index (χ4n) is 0.748. The average Bonchev–Trinajstić information content (AvgIpc) is 2.03. The van der Waals surface area contributed by atoms with Gasteiger partial charge in [0.2, 0.25) is 0 Å². The number of rotatable bonds is 2. The molecule has 1 nitrogen and oxygen atoms in total. The lowest BCUT2D eigenvalue weighted by Crippen LogP contribution is -1.75. The minimum atomic E-state index is -0.885. The molecule has 0 N–H and O–H groups in total. The van der Waals surface area contributed by atoms with Gasteiger partial charge in [-0.15, -0.1) is 0 Å². The van der Waals surface area contributed by atoms with Crippen molar-refractivity contribution in [2.75, 3.05) is 6.26 Å². The van der Waals surface area contributed by atoms with E-state index in [4.69, 9.17) is 11.6 Å². The molecule has 0 heterocycles. The van der Waals surface area contributed by atoms with Gasteiger partial charge in [0.05, 0.1) is 0 Å². The predicted octanol–water partition coefficient (Wildman–Crippen LogP) is 2.69. The van der Waals surface area contributed by atoms with Crippen LogP contribution < -0.4 is 0 Å². The first-order chi connectivity index (χ1) is 5.68. The van der Waals surface area contributed by atoms with Crippen LogP contribution in [0.1, 0.15) is 5.56 Å². The van der Waals surface area contributed by atoms with Crippen molar-refractivity contribution in [1.82, 2.24) is 0 Å². The summed E-state index contributed by atoms with van der Waals surface area (Å²) in [6.45, 7) is 0. The molecular weight excluding hydrogens is 192 g/mol. The molecule has 1 aromatic carbocycles. The van der Waals surface area contributed by atoms with E-state index in [-0.39, 0.29) is 0 Å². The van der Waals surface area contributed by atoms with E-state index < -0.39 is 10.8 Å². The van der Waals surface area contributed by atoms with Gasteiger partial charge >= 0.3 is 0 Å². The molecule has 0 unspecified atom stereocenters. The molecule has 0 saturated heterocycles. The van der Waals surface area contributed by atoms with Crippen LogP contribution in [0.5, 0.6) is 0 Å². The largest absolute Gasteiger partial charge is 0.255 e. The summed E-state index contributed by atoms with van der Waals surface area (Å²) in [5, 5.41) is 2.35. The Bertz CT molecular complexity index is 303. The zero-order valence-corrected chi connectivity index (χ0v) is 8.23. The lowest BCUT2D eigenvalue weighted by molar-refractivity contribution is 0.692. The van der Waals surface area contributed by atoms with Gasteiger partial charge in [-0.1, -0.05) is 23.7 Å². The van der Waals surface area contributed by atoms with E-state index in [2.05, 4.69) is 0 Å². The fourth-order valence-corrected chi connectivity index (χ4v) is 1.22. The van der Waals surface area contributed by atoms with Gasteiger partial charge < -0.3 is 0 Å². The third-order valence-electron chi connectivity index (χ3n) is 1.32. The van der Waals surface area contributed by atoms with Crippen molar-refractivity contribution >= 4 is 28.5 Å². The molecule has 0 radical (unpaired) electrons. The van der Waals surface area contributed by atoms with Crippen molar-refractivity contribution in [2.45, 2.75) is 0 Å². The lowest BCUT2D eigenvalue weighted by Gasteiger charge is -1.91. The Hall–Kier alpha value is -0.600. The van der Waals surface area contributed by atoms with Gasteiger partial charge in [-0.25, -0.2) is 0 Å². The van der Waals surface area contributed by atoms with Gasteiger partial charge in [-0.05, 0) is 23.8 Å². The molecule has 1 rings (SSSR count). The van der Waals surface area contributed by atoms with Gasteiger partial charge in [0.15, 0.2) is 0 Å². The van der Waals surface area contributed by atoms with E-state index in [0.29, 0.717) is 5.02 Å². The zero-order valence-electron chi connectivity index (χ0n) is 6.66. The van der Waals surface area contributed by atoms with Gasteiger partial charge in [-0.2, -0.15) is 0 Å². The van der Waals surface area contributed by atoms with E-state index >= 15 is 0 Å². The SMILES string of the molecule is C[S@@](=O)/C=C/c1ccc(Cl)cc1. The molecule has 1 aromatic rings. The van der Waals surface area contributed by atoms with Gasteiger partial charge in [-0.3, -0.25) is 4.21 Å². The molecule has 0 amide bonds. The van der Waals surface area contributed by atoms with Crippen molar-refractivity contribution < 1.29 is 4.21 Å². The maximum absolute atomic E-state index is 10.7. The van der Waals surface area contributed by atoms with Crippen LogP contribution in [0.15, 0.2) is 29.7 Å². The van der Waals surface area contributed by atoms with Crippen LogP contribution in [0, 0.1) is 0 Å². The second-order valence-electron chi connectivity index (χ2n) is 2.35. The monoisotopic (exact) mass is 200 g/mol. The molecule has 3 heteroatoms. The number of hydrogen-bond donors (Lipinski definition) is 0. The topological polar surface area (TPSA) is 17.1 Å². The minimum Gasteiger partial charge on any atom is -0.255 e. The zero-order chi connectivity index (χ0) is 8.97. The minimum absolute atomic E-state index is 0.713. The Morgan fingerprint density at radius 3 is 2.42 bits per heavy atom. The highest BCUT2D eigenvalue weighted by atomic mass is 35.5. The van der Waals surface area contributed by atoms with E-state index in [1.807, 2.05) is 18.2 Å². The standard InChI is InChI=1S/C9H9ClOS/c1-12(11)7-6-8-2-4-9(10)5-3-8/h2-7H,1H3/b7-6+/t12-/m1/s1. The summed E-state index contributed by atoms with van der Waals surface area (Å²) in [7, 11) is -0.885. The summed E-state index contributed by atoms with van der Waals surface area (Å²) in [6, 6.07) is 7.37. The van der Waals surface area contributed by atoms with Gasteiger partial charge in [0.25, 0.3) is 0 Å². The van der Waals surface area contributed by atoms with Crippen LogP contribution in [-0.4, -0.2) is 10.5 Å². The molecule has 1 atom stereocenters. The maximum Gasteiger partial charge on any atom is 0.0424 e. The second-order valence-corrected chi connectivity index (χ2v) is 4.06. The highest BCUT2D eigenvalue weighted by Gasteiger charge is 1.87. The van der Waals surface area contributed by atoms with E-state index in [9.17, 15) is 4.21 Å². The van der Waals surface area contributed by atoms with Crippen molar-refractivity contribution in [1.29, 1.82) is 0 Å². The Morgan fingerprint density at radius 2 is 1.92 bits per heavy atom. The predicted molar refractivity (Wildman–Crippen MR) is 54.6 cm³/mol. The van der Waals surface area contributed by atoms with Crippen molar-refractivity contribution in [2.24, 2.45) is 0 Å². The number of halogens is 1. The molecular formula is C9H9ClOS. The summed E-state index contributed by atoms with van der Waals surface area (Å²) in [4.78, 5) is 0. The van der Waals surface area contributed by atoms with Crippen LogP contribution in [0.3, 0.4) is 0 Å². The van der Waals surface area contributed by atoms with Crippen LogP contribution in [0.25, 0.3) is 6.08 Å². The highest BCUT2D eigenvalue weighted by Crippen LogP contribution is 2.10. The Balaban J connectivity index is 2.77. The summed E-state index contributed by atoms with van der Waals surface area (Å²) in [6.07, 6.45) is 3.44. The van der Waals surface area contributed by atoms with E-state index in [0.717, 1.165) is 5.56 Å². The summed E-state index contributed by atoms with van der Waals surface area (Å²) < 4.78 is 10.7. The number of hydrogen-bond acceptors (Lipinski definition) is 1. The van der Waals surface area contributed by atoms with E-state index in [1.165, 1.54) is 0 Å². The first kappa shape index (κ1) is 9.49. The molecule has 0 spiro atoms. The number of benzene rings is 1. The third kappa shape index (κ3) is 3.20. The van der Waals surface area contributed by atoms with Gasteiger partial charge in [0, 0.05) is 27.5 Å². The van der Waals surface area contributed by atoms with Crippen molar-refractivity contribution in [3.63, 3.8) is 0 Å². The second kappa shape index (κ2) is 4.43. The summed E-state index contributed by atoms with van der Waals surface area (Å²) in [5.74, 6) is 0. The summed E-state index contributed by atoms with van der Waals surface area (Å²) in [5.41, 5.74) is 1.01. The summed E-state index contributed by atoms with van der Waals surface area (Å²) >= 11 is 5.69. The smallest absolute Gasteiger partial charge is 0.0424 e. The molecule has 0 aliphatic rings. The van der Waals surface area contributed by atoms with Crippen molar-refractivity contribution in [3.8, 4) is 0 Å². The van der Waals surface area contributed by atoms with Crippen LogP contribution in [0.4, 0.5) is 0 Å². The normalized spacial score (nSPS) is 13.5. The lowest BCUT2D eigenvalue weighted by atomic mass is 10.2. The molecule has 0 aliphatic heterocycles. The van der Waals surface area contributed by atoms with Gasteiger partial charge in [0.1, 0.15) is 0 Å². The first-order valence-corrected chi connectivity index (χ1v) is 5.44. The highest BCUT2D eigenvalue weighted by molar-refractivity contribution is 7.87. The average molecular weight is 201 g/mol. The molecule has 0 saturated carbocycles. The Kier molecular flexibility index (Phi) is 3.50. The maximum atomic E-state index is 10.7. The first-order valence-electron chi connectivity index (χ1n) is 3.44. The Labute approximate surface area is 79.5 Å². The molecule has 0 bridgehead atoms. The van der Waals surface area contributed by atoms with Crippen LogP contribution in [0.2, 0.25) is 5.02 Å². The fraction of sp³-hybridized carbons (Fsp3) is 0.111. The van der Waals surface area contributed by atoms with E-state index in [1.54, 1.807) is 23.8 Å². The molecule has 0 aliphatic carbocycles. The molecule has 64 valence electrons. The molecule has 12 heavy (non-hydrogen) atoms.